The fourth-order valence-electron chi connectivity index (χ4n) is 2.67. The first-order valence-corrected chi connectivity index (χ1v) is 6.82. The van der Waals surface area contributed by atoms with Crippen LogP contribution in [-0.4, -0.2) is 28.5 Å². The molecule has 1 saturated heterocycles. The van der Waals surface area contributed by atoms with Crippen molar-refractivity contribution in [2.75, 3.05) is 6.54 Å². The number of carbonyl (C=O) groups excluding carboxylic acids is 1. The highest BCUT2D eigenvalue weighted by atomic mass is 16.3. The molecule has 18 heavy (non-hydrogen) atoms. The molecule has 1 atom stereocenters. The monoisotopic (exact) mass is 247 g/mol. The fourth-order valence-corrected chi connectivity index (χ4v) is 2.67. The van der Waals surface area contributed by atoms with Gasteiger partial charge >= 0.3 is 0 Å². The number of rotatable bonds is 3. The lowest BCUT2D eigenvalue weighted by molar-refractivity contribution is 0.0600. The zero-order valence-corrected chi connectivity index (χ0v) is 10.9. The second kappa shape index (κ2) is 5.89. The van der Waals surface area contributed by atoms with Gasteiger partial charge in [-0.3, -0.25) is 4.79 Å². The van der Waals surface area contributed by atoms with Gasteiger partial charge in [0.05, 0.1) is 0 Å². The van der Waals surface area contributed by atoms with Gasteiger partial charge in [-0.05, 0) is 49.9 Å². The minimum atomic E-state index is 0.105. The number of amides is 1. The summed E-state index contributed by atoms with van der Waals surface area (Å²) in [5.41, 5.74) is 0.677. The fraction of sp³-hybridized carbons (Fsp3) is 0.533. The van der Waals surface area contributed by atoms with Gasteiger partial charge in [0.25, 0.3) is 5.91 Å². The van der Waals surface area contributed by atoms with Gasteiger partial charge in [0.15, 0.2) is 0 Å². The number of benzene rings is 1. The van der Waals surface area contributed by atoms with Crippen molar-refractivity contribution in [2.24, 2.45) is 0 Å². The molecule has 98 valence electrons. The Bertz CT molecular complexity index is 397. The Morgan fingerprint density at radius 1 is 1.33 bits per heavy atom. The van der Waals surface area contributed by atoms with E-state index in [9.17, 15) is 9.90 Å². The number of nitrogens with zero attached hydrogens (tertiary/aromatic N) is 1. The summed E-state index contributed by atoms with van der Waals surface area (Å²) in [6.07, 6.45) is 5.65. The van der Waals surface area contributed by atoms with Crippen LogP contribution in [0.4, 0.5) is 0 Å². The molecule has 0 radical (unpaired) electrons. The zero-order valence-electron chi connectivity index (χ0n) is 10.9. The van der Waals surface area contributed by atoms with Crippen LogP contribution in [0.15, 0.2) is 24.3 Å². The summed E-state index contributed by atoms with van der Waals surface area (Å²) in [6, 6.07) is 6.95. The van der Waals surface area contributed by atoms with Gasteiger partial charge in [-0.2, -0.15) is 0 Å². The van der Waals surface area contributed by atoms with Crippen molar-refractivity contribution in [1.82, 2.24) is 4.90 Å². The summed E-state index contributed by atoms with van der Waals surface area (Å²) in [6.45, 7) is 3.03. The maximum Gasteiger partial charge on any atom is 0.254 e. The van der Waals surface area contributed by atoms with E-state index in [1.807, 2.05) is 4.90 Å². The van der Waals surface area contributed by atoms with E-state index >= 15 is 0 Å². The largest absolute Gasteiger partial charge is 0.508 e. The smallest absolute Gasteiger partial charge is 0.254 e. The Morgan fingerprint density at radius 3 is 2.72 bits per heavy atom. The van der Waals surface area contributed by atoms with Gasteiger partial charge in [0.2, 0.25) is 0 Å². The van der Waals surface area contributed by atoms with E-state index < -0.39 is 0 Å². The quantitative estimate of drug-likeness (QED) is 0.891. The van der Waals surface area contributed by atoms with Crippen LogP contribution in [0.3, 0.4) is 0 Å². The summed E-state index contributed by atoms with van der Waals surface area (Å²) < 4.78 is 0. The molecule has 1 amide bonds. The van der Waals surface area contributed by atoms with E-state index in [1.54, 1.807) is 24.3 Å². The Kier molecular flexibility index (Phi) is 4.24. The lowest BCUT2D eigenvalue weighted by Crippen LogP contribution is -2.43. The summed E-state index contributed by atoms with van der Waals surface area (Å²) in [5.74, 6) is 0.309. The van der Waals surface area contributed by atoms with E-state index in [0.717, 1.165) is 32.2 Å². The summed E-state index contributed by atoms with van der Waals surface area (Å²) in [7, 11) is 0. The molecule has 0 aliphatic carbocycles. The molecular weight excluding hydrogens is 226 g/mol. The normalized spacial score (nSPS) is 19.8. The predicted octanol–water partition coefficient (Wildman–Crippen LogP) is 3.19. The number of hydrogen-bond donors (Lipinski definition) is 1. The molecule has 1 fully saturated rings. The Hall–Kier alpha value is -1.51. The zero-order chi connectivity index (χ0) is 13.0. The van der Waals surface area contributed by atoms with Crippen molar-refractivity contribution in [3.05, 3.63) is 29.8 Å². The third kappa shape index (κ3) is 2.84. The lowest BCUT2D eigenvalue weighted by atomic mass is 9.97. The molecule has 1 N–H and O–H groups in total. The van der Waals surface area contributed by atoms with Crippen molar-refractivity contribution < 1.29 is 9.90 Å². The van der Waals surface area contributed by atoms with E-state index in [2.05, 4.69) is 6.92 Å². The Labute approximate surface area is 108 Å². The van der Waals surface area contributed by atoms with Crippen LogP contribution in [-0.2, 0) is 0 Å². The number of phenolic OH excluding ortho intramolecular Hbond substituents is 1. The average Bonchev–Trinajstić information content (AvgIpc) is 2.40. The van der Waals surface area contributed by atoms with Gasteiger partial charge in [-0.1, -0.05) is 13.3 Å². The number of likely N-dealkylation sites (tertiary alicyclic amines) is 1. The number of aromatic hydroxyl groups is 1. The maximum absolute atomic E-state index is 12.4. The lowest BCUT2D eigenvalue weighted by Gasteiger charge is -2.35. The third-order valence-electron chi connectivity index (χ3n) is 3.62. The first-order chi connectivity index (χ1) is 8.72. The number of phenols is 1. The Balaban J connectivity index is 2.12. The van der Waals surface area contributed by atoms with Crippen LogP contribution in [0.5, 0.6) is 5.75 Å². The third-order valence-corrected chi connectivity index (χ3v) is 3.62. The molecule has 2 rings (SSSR count). The first-order valence-electron chi connectivity index (χ1n) is 6.82. The molecular formula is C15H21NO2. The van der Waals surface area contributed by atoms with E-state index in [1.165, 1.54) is 6.42 Å². The molecule has 1 aromatic rings. The van der Waals surface area contributed by atoms with Crippen molar-refractivity contribution in [3.8, 4) is 5.75 Å². The second-order valence-corrected chi connectivity index (χ2v) is 4.98. The Morgan fingerprint density at radius 2 is 2.06 bits per heavy atom. The average molecular weight is 247 g/mol. The van der Waals surface area contributed by atoms with Gasteiger partial charge in [0.1, 0.15) is 5.75 Å². The number of piperidine rings is 1. The highest BCUT2D eigenvalue weighted by Crippen LogP contribution is 2.23. The summed E-state index contributed by atoms with van der Waals surface area (Å²) in [4.78, 5) is 14.5. The maximum atomic E-state index is 12.4. The summed E-state index contributed by atoms with van der Waals surface area (Å²) in [5, 5.41) is 9.26. The molecule has 1 unspecified atom stereocenters. The standard InChI is InChI=1S/C15H21NO2/c1-2-5-13-6-3-4-11-16(13)15(18)12-7-9-14(17)10-8-12/h7-10,13,17H,2-6,11H2,1H3. The minimum Gasteiger partial charge on any atom is -0.508 e. The van der Waals surface area contributed by atoms with Crippen LogP contribution in [0.1, 0.15) is 49.4 Å². The number of hydrogen-bond acceptors (Lipinski definition) is 2. The van der Waals surface area contributed by atoms with Gasteiger partial charge in [0, 0.05) is 18.2 Å². The molecule has 1 aliphatic heterocycles. The predicted molar refractivity (Wildman–Crippen MR) is 71.7 cm³/mol. The van der Waals surface area contributed by atoms with Crippen LogP contribution in [0, 0.1) is 0 Å². The first kappa shape index (κ1) is 12.9. The summed E-state index contributed by atoms with van der Waals surface area (Å²) >= 11 is 0. The van der Waals surface area contributed by atoms with E-state index in [0.29, 0.717) is 11.6 Å². The number of carbonyl (C=O) groups is 1. The van der Waals surface area contributed by atoms with Gasteiger partial charge in [-0.25, -0.2) is 0 Å². The highest BCUT2D eigenvalue weighted by Gasteiger charge is 2.26. The molecule has 1 heterocycles. The minimum absolute atomic E-state index is 0.105. The van der Waals surface area contributed by atoms with Crippen LogP contribution in [0.25, 0.3) is 0 Å². The topological polar surface area (TPSA) is 40.5 Å². The van der Waals surface area contributed by atoms with E-state index in [-0.39, 0.29) is 11.7 Å². The molecule has 3 nitrogen and oxygen atoms in total. The highest BCUT2D eigenvalue weighted by molar-refractivity contribution is 5.94. The van der Waals surface area contributed by atoms with Gasteiger partial charge in [-0.15, -0.1) is 0 Å². The van der Waals surface area contributed by atoms with Crippen LogP contribution in [0.2, 0.25) is 0 Å². The van der Waals surface area contributed by atoms with Crippen molar-refractivity contribution in [3.63, 3.8) is 0 Å². The van der Waals surface area contributed by atoms with E-state index in [4.69, 9.17) is 0 Å². The second-order valence-electron chi connectivity index (χ2n) is 4.98. The van der Waals surface area contributed by atoms with Crippen LogP contribution >= 0.6 is 0 Å². The SMILES string of the molecule is CCCC1CCCCN1C(=O)c1ccc(O)cc1. The molecule has 0 bridgehead atoms. The van der Waals surface area contributed by atoms with Gasteiger partial charge < -0.3 is 10.0 Å². The molecule has 1 aromatic carbocycles. The molecule has 0 spiro atoms. The molecule has 1 aliphatic rings. The van der Waals surface area contributed by atoms with Crippen LogP contribution < -0.4 is 0 Å². The van der Waals surface area contributed by atoms with Crippen molar-refractivity contribution in [2.45, 2.75) is 45.1 Å². The molecule has 3 heteroatoms. The van der Waals surface area contributed by atoms with Crippen molar-refractivity contribution in [1.29, 1.82) is 0 Å². The van der Waals surface area contributed by atoms with Crippen molar-refractivity contribution >= 4 is 5.91 Å². The molecule has 0 saturated carbocycles. The molecule has 0 aromatic heterocycles.